The zero-order valence-electron chi connectivity index (χ0n) is 13.0. The monoisotopic (exact) mass is 288 g/mol. The van der Waals surface area contributed by atoms with E-state index >= 15 is 0 Å². The van der Waals surface area contributed by atoms with Crippen LogP contribution >= 0.6 is 0 Å². The molecule has 0 aliphatic carbocycles. The average Bonchev–Trinajstić information content (AvgIpc) is 2.95. The Labute approximate surface area is 126 Å². The number of ether oxygens (including phenoxy) is 1. The molecule has 5 nitrogen and oxygen atoms in total. The Kier molecular flexibility index (Phi) is 5.75. The van der Waals surface area contributed by atoms with Crippen LogP contribution in [-0.2, 0) is 6.42 Å². The van der Waals surface area contributed by atoms with Crippen LogP contribution in [-0.4, -0.2) is 34.0 Å². The molecule has 0 saturated carbocycles. The minimum absolute atomic E-state index is 0.292. The fraction of sp³-hybridized carbons (Fsp3) is 0.500. The first-order chi connectivity index (χ1) is 10.2. The second-order valence-electron chi connectivity index (χ2n) is 5.48. The number of nitrogens with zero attached hydrogens (tertiary/aromatic N) is 3. The molecule has 0 amide bonds. The summed E-state index contributed by atoms with van der Waals surface area (Å²) in [5.41, 5.74) is 0. The zero-order chi connectivity index (χ0) is 15.1. The van der Waals surface area contributed by atoms with Crippen LogP contribution in [0.15, 0.2) is 36.7 Å². The molecule has 0 aliphatic heterocycles. The Morgan fingerprint density at radius 2 is 1.95 bits per heavy atom. The van der Waals surface area contributed by atoms with Crippen molar-refractivity contribution in [3.05, 3.63) is 42.5 Å². The summed E-state index contributed by atoms with van der Waals surface area (Å²) in [4.78, 5) is 0. The molecule has 0 fully saturated rings. The van der Waals surface area contributed by atoms with Crippen LogP contribution in [0.5, 0.6) is 5.75 Å². The normalized spacial score (nSPS) is 12.6. The lowest BCUT2D eigenvalue weighted by Crippen LogP contribution is -2.33. The molecule has 2 rings (SSSR count). The van der Waals surface area contributed by atoms with Gasteiger partial charge < -0.3 is 14.6 Å². The van der Waals surface area contributed by atoms with Crippen LogP contribution in [0.4, 0.5) is 0 Å². The largest absolute Gasteiger partial charge is 0.492 e. The predicted molar refractivity (Wildman–Crippen MR) is 83.5 cm³/mol. The maximum absolute atomic E-state index is 5.72. The standard InChI is InChI=1S/C16H24N4O/c1-13(2)20-12-18-19-16(20)9-10-17-14(3)11-21-15-7-5-4-6-8-15/h4-8,12-14,17H,9-11H2,1-3H3. The maximum atomic E-state index is 5.72. The molecule has 1 aromatic heterocycles. The Bertz CT molecular complexity index is 524. The zero-order valence-corrected chi connectivity index (χ0v) is 13.0. The molecule has 0 aliphatic rings. The lowest BCUT2D eigenvalue weighted by atomic mass is 10.3. The van der Waals surface area contributed by atoms with E-state index in [1.807, 2.05) is 30.3 Å². The Morgan fingerprint density at radius 3 is 2.67 bits per heavy atom. The quantitative estimate of drug-likeness (QED) is 0.810. The summed E-state index contributed by atoms with van der Waals surface area (Å²) in [6.07, 6.45) is 2.66. The molecule has 1 N–H and O–H groups in total. The molecule has 2 aromatic rings. The number of nitrogens with one attached hydrogen (secondary N) is 1. The number of rotatable bonds is 8. The summed E-state index contributed by atoms with van der Waals surface area (Å²) in [7, 11) is 0. The molecule has 0 radical (unpaired) electrons. The molecule has 21 heavy (non-hydrogen) atoms. The van der Waals surface area contributed by atoms with E-state index in [4.69, 9.17) is 4.74 Å². The molecule has 1 unspecified atom stereocenters. The van der Waals surface area contributed by atoms with Gasteiger partial charge in [0.05, 0.1) is 0 Å². The van der Waals surface area contributed by atoms with Crippen molar-refractivity contribution in [2.24, 2.45) is 0 Å². The van der Waals surface area contributed by atoms with Gasteiger partial charge in [0.25, 0.3) is 0 Å². The molecule has 114 valence electrons. The highest BCUT2D eigenvalue weighted by Gasteiger charge is 2.08. The SMILES string of the molecule is CC(COc1ccccc1)NCCc1nncn1C(C)C. The first-order valence-corrected chi connectivity index (χ1v) is 7.46. The highest BCUT2D eigenvalue weighted by molar-refractivity contribution is 5.20. The van der Waals surface area contributed by atoms with E-state index in [1.54, 1.807) is 6.33 Å². The third-order valence-corrected chi connectivity index (χ3v) is 3.29. The van der Waals surface area contributed by atoms with Crippen LogP contribution in [0.1, 0.15) is 32.6 Å². The Hall–Kier alpha value is -1.88. The lowest BCUT2D eigenvalue weighted by molar-refractivity contribution is 0.273. The second-order valence-corrected chi connectivity index (χ2v) is 5.48. The summed E-state index contributed by atoms with van der Waals surface area (Å²) >= 11 is 0. The third-order valence-electron chi connectivity index (χ3n) is 3.29. The smallest absolute Gasteiger partial charge is 0.134 e. The summed E-state index contributed by atoms with van der Waals surface area (Å²) < 4.78 is 7.83. The van der Waals surface area contributed by atoms with E-state index in [0.29, 0.717) is 18.7 Å². The van der Waals surface area contributed by atoms with Gasteiger partial charge in [-0.25, -0.2) is 0 Å². The topological polar surface area (TPSA) is 52.0 Å². The molecule has 5 heteroatoms. The fourth-order valence-electron chi connectivity index (χ4n) is 2.10. The van der Waals surface area contributed by atoms with Gasteiger partial charge in [0.15, 0.2) is 0 Å². The van der Waals surface area contributed by atoms with Crippen LogP contribution in [0.25, 0.3) is 0 Å². The highest BCUT2D eigenvalue weighted by Crippen LogP contribution is 2.09. The van der Waals surface area contributed by atoms with E-state index in [9.17, 15) is 0 Å². The van der Waals surface area contributed by atoms with Gasteiger partial charge in [-0.1, -0.05) is 18.2 Å². The van der Waals surface area contributed by atoms with Gasteiger partial charge in [-0.3, -0.25) is 0 Å². The Morgan fingerprint density at radius 1 is 1.19 bits per heavy atom. The number of hydrogen-bond acceptors (Lipinski definition) is 4. The van der Waals surface area contributed by atoms with Crippen molar-refractivity contribution in [3.63, 3.8) is 0 Å². The molecule has 0 saturated heterocycles. The van der Waals surface area contributed by atoms with Crippen molar-refractivity contribution in [1.29, 1.82) is 0 Å². The number of hydrogen-bond donors (Lipinski definition) is 1. The number of benzene rings is 1. The van der Waals surface area contributed by atoms with Crippen LogP contribution in [0.3, 0.4) is 0 Å². The second kappa shape index (κ2) is 7.78. The van der Waals surface area contributed by atoms with E-state index in [1.165, 1.54) is 0 Å². The van der Waals surface area contributed by atoms with Gasteiger partial charge in [0, 0.05) is 25.0 Å². The highest BCUT2D eigenvalue weighted by atomic mass is 16.5. The lowest BCUT2D eigenvalue weighted by Gasteiger charge is -2.15. The molecule has 1 aromatic carbocycles. The molecular formula is C16H24N4O. The summed E-state index contributed by atoms with van der Waals surface area (Å²) in [6.45, 7) is 7.91. The van der Waals surface area contributed by atoms with Crippen molar-refractivity contribution in [2.45, 2.75) is 39.3 Å². The van der Waals surface area contributed by atoms with Gasteiger partial charge in [-0.2, -0.15) is 0 Å². The maximum Gasteiger partial charge on any atom is 0.134 e. The molecule has 1 heterocycles. The van der Waals surface area contributed by atoms with E-state index in [0.717, 1.165) is 24.5 Å². The summed E-state index contributed by atoms with van der Waals surface area (Å²) in [6, 6.07) is 10.6. The first kappa shape index (κ1) is 15.5. The van der Waals surface area contributed by atoms with E-state index < -0.39 is 0 Å². The van der Waals surface area contributed by atoms with Crippen LogP contribution < -0.4 is 10.1 Å². The van der Waals surface area contributed by atoms with Gasteiger partial charge in [-0.05, 0) is 32.9 Å². The summed E-state index contributed by atoms with van der Waals surface area (Å²) in [5.74, 6) is 1.93. The van der Waals surface area contributed by atoms with Crippen molar-refractivity contribution < 1.29 is 4.74 Å². The van der Waals surface area contributed by atoms with Gasteiger partial charge >= 0.3 is 0 Å². The number of para-hydroxylation sites is 1. The van der Waals surface area contributed by atoms with Crippen molar-refractivity contribution in [2.75, 3.05) is 13.2 Å². The average molecular weight is 288 g/mol. The minimum Gasteiger partial charge on any atom is -0.492 e. The molecule has 0 bridgehead atoms. The predicted octanol–water partition coefficient (Wildman–Crippen LogP) is 2.46. The van der Waals surface area contributed by atoms with Crippen molar-refractivity contribution in [1.82, 2.24) is 20.1 Å². The van der Waals surface area contributed by atoms with Crippen molar-refractivity contribution >= 4 is 0 Å². The van der Waals surface area contributed by atoms with Gasteiger partial charge in [-0.15, -0.1) is 10.2 Å². The van der Waals surface area contributed by atoms with Gasteiger partial charge in [0.1, 0.15) is 24.5 Å². The molecule has 0 spiro atoms. The van der Waals surface area contributed by atoms with E-state index in [2.05, 4.69) is 40.9 Å². The van der Waals surface area contributed by atoms with Gasteiger partial charge in [0.2, 0.25) is 0 Å². The van der Waals surface area contributed by atoms with Crippen molar-refractivity contribution in [3.8, 4) is 5.75 Å². The van der Waals surface area contributed by atoms with E-state index in [-0.39, 0.29) is 0 Å². The summed E-state index contributed by atoms with van der Waals surface area (Å²) in [5, 5.41) is 11.6. The van der Waals surface area contributed by atoms with Crippen LogP contribution in [0, 0.1) is 0 Å². The molecule has 1 atom stereocenters. The number of aromatic nitrogens is 3. The Balaban J connectivity index is 1.69. The minimum atomic E-state index is 0.292. The van der Waals surface area contributed by atoms with Crippen LogP contribution in [0.2, 0.25) is 0 Å². The third kappa shape index (κ3) is 4.86. The molecular weight excluding hydrogens is 264 g/mol. The fourth-order valence-corrected chi connectivity index (χ4v) is 2.10. The first-order valence-electron chi connectivity index (χ1n) is 7.46.